The highest BCUT2D eigenvalue weighted by atomic mass is 19.1. The molecule has 2 amide bonds. The number of allylic oxidation sites excluding steroid dienone is 3. The minimum absolute atomic E-state index is 0.00277. The molecule has 2 heterocycles. The van der Waals surface area contributed by atoms with Crippen molar-refractivity contribution in [3.05, 3.63) is 83.5 Å². The van der Waals surface area contributed by atoms with Crippen molar-refractivity contribution in [1.82, 2.24) is 0 Å². The van der Waals surface area contributed by atoms with Crippen LogP contribution in [-0.4, -0.2) is 18.0 Å². The predicted molar refractivity (Wildman–Crippen MR) is 102 cm³/mol. The lowest BCUT2D eigenvalue weighted by molar-refractivity contribution is -0.671. The van der Waals surface area contributed by atoms with E-state index >= 15 is 0 Å². The van der Waals surface area contributed by atoms with Crippen LogP contribution in [0.4, 0.5) is 14.5 Å². The average Bonchev–Trinajstić information content (AvgIpc) is 2.95. The van der Waals surface area contributed by atoms with E-state index in [2.05, 4.69) is 6.58 Å². The summed E-state index contributed by atoms with van der Waals surface area (Å²) in [5, 5.41) is 0. The summed E-state index contributed by atoms with van der Waals surface area (Å²) in [5.41, 5.74) is 1.62. The van der Waals surface area contributed by atoms with Crippen molar-refractivity contribution in [1.29, 1.82) is 0 Å². The summed E-state index contributed by atoms with van der Waals surface area (Å²) in [6.07, 6.45) is 3.04. The third kappa shape index (κ3) is 3.50. The van der Waals surface area contributed by atoms with Crippen LogP contribution in [0.15, 0.2) is 66.8 Å². The fraction of sp³-hybridized carbons (Fsp3) is 0.227. The van der Waals surface area contributed by atoms with Crippen molar-refractivity contribution >= 4 is 17.5 Å². The van der Waals surface area contributed by atoms with Crippen molar-refractivity contribution in [3.63, 3.8) is 0 Å². The first kappa shape index (κ1) is 19.6. The third-order valence-corrected chi connectivity index (χ3v) is 4.71. The minimum Gasteiger partial charge on any atom is -0.268 e. The zero-order chi connectivity index (χ0) is 20.4. The van der Waals surface area contributed by atoms with Gasteiger partial charge < -0.3 is 0 Å². The molecular weight excluding hydrogens is 362 g/mol. The topological polar surface area (TPSA) is 41.3 Å². The lowest BCUT2D eigenvalue weighted by Crippen LogP contribution is -2.35. The first-order valence-electron chi connectivity index (χ1n) is 8.99. The molecule has 1 unspecified atom stereocenters. The van der Waals surface area contributed by atoms with E-state index in [4.69, 9.17) is 0 Å². The number of halogens is 2. The van der Waals surface area contributed by atoms with E-state index in [1.807, 2.05) is 0 Å². The molecule has 6 heteroatoms. The van der Waals surface area contributed by atoms with Gasteiger partial charge in [-0.1, -0.05) is 25.6 Å². The molecule has 0 bridgehead atoms. The van der Waals surface area contributed by atoms with E-state index in [-0.39, 0.29) is 18.4 Å². The second-order valence-electron chi connectivity index (χ2n) is 6.69. The highest BCUT2D eigenvalue weighted by Gasteiger charge is 2.37. The molecule has 0 radical (unpaired) electrons. The summed E-state index contributed by atoms with van der Waals surface area (Å²) in [7, 11) is 1.73. The zero-order valence-electron chi connectivity index (χ0n) is 15.8. The summed E-state index contributed by atoms with van der Waals surface area (Å²) in [4.78, 5) is 26.5. The highest BCUT2D eigenvalue weighted by molar-refractivity contribution is 6.34. The summed E-state index contributed by atoms with van der Waals surface area (Å²) >= 11 is 0. The summed E-state index contributed by atoms with van der Waals surface area (Å²) in [6.45, 7) is 5.01. The summed E-state index contributed by atoms with van der Waals surface area (Å²) < 4.78 is 30.0. The van der Waals surface area contributed by atoms with E-state index in [1.165, 1.54) is 0 Å². The lowest BCUT2D eigenvalue weighted by atomic mass is 9.99. The van der Waals surface area contributed by atoms with Crippen LogP contribution < -0.4 is 9.47 Å². The molecule has 1 aromatic carbocycles. The number of amides is 2. The predicted octanol–water partition coefficient (Wildman–Crippen LogP) is 4.01. The molecule has 0 saturated carbocycles. The molecule has 0 saturated heterocycles. The maximum absolute atomic E-state index is 14.3. The number of carbonyl (C=O) groups is 2. The molecule has 28 heavy (non-hydrogen) atoms. The zero-order valence-corrected chi connectivity index (χ0v) is 15.8. The molecule has 0 aliphatic carbocycles. The van der Waals surface area contributed by atoms with Crippen molar-refractivity contribution < 1.29 is 22.9 Å². The number of imide groups is 1. The first-order valence-corrected chi connectivity index (χ1v) is 8.99. The summed E-state index contributed by atoms with van der Waals surface area (Å²) in [5.74, 6) is -1.52. The summed E-state index contributed by atoms with van der Waals surface area (Å²) in [6, 6.07) is 8.22. The number of pyridine rings is 1. The van der Waals surface area contributed by atoms with E-state index in [1.54, 1.807) is 61.3 Å². The quantitative estimate of drug-likeness (QED) is 0.430. The maximum Gasteiger partial charge on any atom is 0.266 e. The number of alkyl halides is 1. The number of hydrogen-bond donors (Lipinski definition) is 0. The lowest BCUT2D eigenvalue weighted by Gasteiger charge is -2.15. The number of nitrogens with zero attached hydrogens (tertiary/aromatic N) is 2. The molecule has 144 valence electrons. The Morgan fingerprint density at radius 1 is 1.21 bits per heavy atom. The van der Waals surface area contributed by atoms with Gasteiger partial charge in [-0.3, -0.25) is 9.59 Å². The fourth-order valence-corrected chi connectivity index (χ4v) is 3.36. The standard InChI is InChI=1S/C22H21F2N2O2/c1-4-19(23)18(20(24)5-2)11-14-10-15(13-25(3)12-14)26-21(27)16-8-6-7-9-17(16)22(26)28/h4,6-10,12-13,20H,1,5,11H2,2-3H3/q+1. The van der Waals surface area contributed by atoms with Gasteiger partial charge in [-0.25, -0.2) is 18.2 Å². The normalized spacial score (nSPS) is 15.4. The van der Waals surface area contributed by atoms with Crippen molar-refractivity contribution in [2.24, 2.45) is 7.05 Å². The van der Waals surface area contributed by atoms with Crippen LogP contribution in [-0.2, 0) is 13.5 Å². The van der Waals surface area contributed by atoms with Gasteiger partial charge in [0.25, 0.3) is 11.8 Å². The Morgan fingerprint density at radius 3 is 2.36 bits per heavy atom. The van der Waals surface area contributed by atoms with Crippen LogP contribution in [0.3, 0.4) is 0 Å². The van der Waals surface area contributed by atoms with Crippen LogP contribution >= 0.6 is 0 Å². The maximum atomic E-state index is 14.3. The van der Waals surface area contributed by atoms with Gasteiger partial charge in [0, 0.05) is 17.6 Å². The molecule has 1 aliphatic rings. The number of fused-ring (bicyclic) bond motifs is 1. The molecule has 0 N–H and O–H groups in total. The number of benzene rings is 1. The Kier molecular flexibility index (Phi) is 5.49. The fourth-order valence-electron chi connectivity index (χ4n) is 3.36. The van der Waals surface area contributed by atoms with Crippen molar-refractivity contribution in [2.75, 3.05) is 4.90 Å². The van der Waals surface area contributed by atoms with Gasteiger partial charge in [0.2, 0.25) is 0 Å². The molecule has 3 rings (SSSR count). The van der Waals surface area contributed by atoms with Crippen LogP contribution in [0.5, 0.6) is 0 Å². The van der Waals surface area contributed by atoms with Gasteiger partial charge in [-0.2, -0.15) is 0 Å². The largest absolute Gasteiger partial charge is 0.268 e. The molecule has 2 aromatic rings. The third-order valence-electron chi connectivity index (χ3n) is 4.71. The number of anilines is 1. The van der Waals surface area contributed by atoms with Crippen LogP contribution in [0.25, 0.3) is 0 Å². The highest BCUT2D eigenvalue weighted by Crippen LogP contribution is 2.29. The van der Waals surface area contributed by atoms with Gasteiger partial charge in [0.15, 0.2) is 12.4 Å². The number of hydrogen-bond acceptors (Lipinski definition) is 2. The molecule has 1 aromatic heterocycles. The van der Waals surface area contributed by atoms with Gasteiger partial charge >= 0.3 is 0 Å². The van der Waals surface area contributed by atoms with E-state index in [9.17, 15) is 18.4 Å². The van der Waals surface area contributed by atoms with E-state index in [0.717, 1.165) is 11.0 Å². The number of rotatable bonds is 6. The molecule has 0 fully saturated rings. The number of aromatic nitrogens is 1. The monoisotopic (exact) mass is 383 g/mol. The van der Waals surface area contributed by atoms with E-state index < -0.39 is 23.8 Å². The SMILES string of the molecule is C=CC(F)=C(Cc1cc(N2C(=O)c3ccccc3C2=O)c[n+](C)c1)C(F)CC. The van der Waals surface area contributed by atoms with Gasteiger partial charge in [-0.05, 0) is 30.7 Å². The molecule has 1 atom stereocenters. The van der Waals surface area contributed by atoms with E-state index in [0.29, 0.717) is 22.4 Å². The van der Waals surface area contributed by atoms with Crippen molar-refractivity contribution in [3.8, 4) is 0 Å². The smallest absolute Gasteiger partial charge is 0.266 e. The Labute approximate surface area is 162 Å². The second-order valence-corrected chi connectivity index (χ2v) is 6.69. The Balaban J connectivity index is 2.00. The van der Waals surface area contributed by atoms with Gasteiger partial charge in [-0.15, -0.1) is 0 Å². The Morgan fingerprint density at radius 2 is 1.82 bits per heavy atom. The van der Waals surface area contributed by atoms with Gasteiger partial charge in [0.1, 0.15) is 24.7 Å². The molecule has 4 nitrogen and oxygen atoms in total. The van der Waals surface area contributed by atoms with Crippen LogP contribution in [0.2, 0.25) is 0 Å². The number of aryl methyl sites for hydroxylation is 1. The number of carbonyl (C=O) groups excluding carboxylic acids is 2. The van der Waals surface area contributed by atoms with Crippen LogP contribution in [0, 0.1) is 0 Å². The van der Waals surface area contributed by atoms with Gasteiger partial charge in [0.05, 0.1) is 11.1 Å². The van der Waals surface area contributed by atoms with Crippen molar-refractivity contribution in [2.45, 2.75) is 25.9 Å². The molecule has 0 spiro atoms. The molecule has 1 aliphatic heterocycles. The minimum atomic E-state index is -1.44. The Bertz CT molecular complexity index is 963. The average molecular weight is 383 g/mol. The molecular formula is C22H21F2N2O2+. The second kappa shape index (κ2) is 7.84. The first-order chi connectivity index (χ1) is 13.4. The Hall–Kier alpha value is -3.15. The van der Waals surface area contributed by atoms with Crippen LogP contribution in [0.1, 0.15) is 39.6 Å².